The molecule has 0 bridgehead atoms. The van der Waals surface area contributed by atoms with Gasteiger partial charge in [-0.3, -0.25) is 0 Å². The molecule has 2 nitrogen and oxygen atoms in total. The second kappa shape index (κ2) is 5.76. The molecule has 0 amide bonds. The molecule has 84 valence electrons. The van der Waals surface area contributed by atoms with Gasteiger partial charge in [0, 0.05) is 6.54 Å². The van der Waals surface area contributed by atoms with Crippen molar-refractivity contribution in [2.45, 2.75) is 33.7 Å². The van der Waals surface area contributed by atoms with Gasteiger partial charge in [-0.2, -0.15) is 0 Å². The van der Waals surface area contributed by atoms with Gasteiger partial charge in [-0.15, -0.1) is 0 Å². The van der Waals surface area contributed by atoms with Crippen LogP contribution in [0.3, 0.4) is 0 Å². The van der Waals surface area contributed by atoms with Crippen molar-refractivity contribution < 1.29 is 4.74 Å². The fourth-order valence-electron chi connectivity index (χ4n) is 1.60. The Morgan fingerprint density at radius 2 is 1.93 bits per heavy atom. The number of ether oxygens (including phenoxy) is 1. The molecule has 0 aliphatic heterocycles. The average Bonchev–Trinajstić information content (AvgIpc) is 2.21. The summed E-state index contributed by atoms with van der Waals surface area (Å²) in [6.45, 7) is 8.07. The molecule has 15 heavy (non-hydrogen) atoms. The molecular formula is C13H21NO. The van der Waals surface area contributed by atoms with E-state index in [9.17, 15) is 0 Å². The van der Waals surface area contributed by atoms with Crippen molar-refractivity contribution >= 4 is 0 Å². The molecule has 0 atom stereocenters. The zero-order chi connectivity index (χ0) is 11.3. The lowest BCUT2D eigenvalue weighted by Gasteiger charge is -2.12. The fourth-order valence-corrected chi connectivity index (χ4v) is 1.60. The van der Waals surface area contributed by atoms with E-state index in [0.29, 0.717) is 0 Å². The van der Waals surface area contributed by atoms with Crippen LogP contribution in [0.15, 0.2) is 12.1 Å². The normalized spacial score (nSPS) is 10.4. The summed E-state index contributed by atoms with van der Waals surface area (Å²) in [5.74, 6) is 1.02. The Hall–Kier alpha value is -1.02. The molecule has 0 radical (unpaired) electrons. The summed E-state index contributed by atoms with van der Waals surface area (Å²) in [4.78, 5) is 0. The SMILES string of the molecule is CCCOc1cc(C)c(CNC)cc1C. The van der Waals surface area contributed by atoms with Gasteiger partial charge >= 0.3 is 0 Å². The third kappa shape index (κ3) is 3.24. The number of benzene rings is 1. The monoisotopic (exact) mass is 207 g/mol. The Morgan fingerprint density at radius 1 is 1.20 bits per heavy atom. The van der Waals surface area contributed by atoms with E-state index in [1.807, 2.05) is 7.05 Å². The minimum Gasteiger partial charge on any atom is -0.493 e. The van der Waals surface area contributed by atoms with Gasteiger partial charge in [0.25, 0.3) is 0 Å². The molecular weight excluding hydrogens is 186 g/mol. The summed E-state index contributed by atoms with van der Waals surface area (Å²) in [6, 6.07) is 4.34. The Labute approximate surface area is 92.6 Å². The van der Waals surface area contributed by atoms with Gasteiger partial charge < -0.3 is 10.1 Å². The lowest BCUT2D eigenvalue weighted by molar-refractivity contribution is 0.315. The topological polar surface area (TPSA) is 21.3 Å². The molecule has 1 N–H and O–H groups in total. The van der Waals surface area contributed by atoms with Crippen molar-refractivity contribution in [3.05, 3.63) is 28.8 Å². The molecule has 1 aromatic carbocycles. The summed E-state index contributed by atoms with van der Waals surface area (Å²) in [5, 5.41) is 3.17. The number of nitrogens with one attached hydrogen (secondary N) is 1. The predicted octanol–water partition coefficient (Wildman–Crippen LogP) is 2.81. The average molecular weight is 207 g/mol. The fraction of sp³-hybridized carbons (Fsp3) is 0.538. The van der Waals surface area contributed by atoms with Crippen LogP contribution in [0, 0.1) is 13.8 Å². The first-order valence-electron chi connectivity index (χ1n) is 5.56. The minimum atomic E-state index is 0.797. The van der Waals surface area contributed by atoms with Gasteiger partial charge in [-0.05, 0) is 50.1 Å². The molecule has 0 saturated carbocycles. The highest BCUT2D eigenvalue weighted by Crippen LogP contribution is 2.22. The summed E-state index contributed by atoms with van der Waals surface area (Å²) in [6.07, 6.45) is 1.05. The Balaban J connectivity index is 2.87. The van der Waals surface area contributed by atoms with Crippen LogP contribution >= 0.6 is 0 Å². The third-order valence-corrected chi connectivity index (χ3v) is 2.46. The van der Waals surface area contributed by atoms with E-state index in [1.165, 1.54) is 16.7 Å². The van der Waals surface area contributed by atoms with E-state index in [0.717, 1.165) is 25.3 Å². The molecule has 0 aliphatic rings. The summed E-state index contributed by atoms with van der Waals surface area (Å²) in [7, 11) is 1.97. The van der Waals surface area contributed by atoms with Crippen LogP contribution in [0.25, 0.3) is 0 Å². The van der Waals surface area contributed by atoms with Crippen LogP contribution in [0.1, 0.15) is 30.0 Å². The van der Waals surface area contributed by atoms with Crippen molar-refractivity contribution in [1.29, 1.82) is 0 Å². The summed E-state index contributed by atoms with van der Waals surface area (Å²) >= 11 is 0. The quantitative estimate of drug-likeness (QED) is 0.801. The van der Waals surface area contributed by atoms with Gasteiger partial charge in [0.1, 0.15) is 5.75 Å². The first kappa shape index (κ1) is 12.1. The molecule has 0 fully saturated rings. The molecule has 0 saturated heterocycles. The van der Waals surface area contributed by atoms with Crippen molar-refractivity contribution in [3.63, 3.8) is 0 Å². The first-order chi connectivity index (χ1) is 7.19. The summed E-state index contributed by atoms with van der Waals surface area (Å²) < 4.78 is 5.68. The Kier molecular flexibility index (Phi) is 4.63. The third-order valence-electron chi connectivity index (χ3n) is 2.46. The van der Waals surface area contributed by atoms with Crippen molar-refractivity contribution in [2.24, 2.45) is 0 Å². The van der Waals surface area contributed by atoms with Gasteiger partial charge in [0.2, 0.25) is 0 Å². The van der Waals surface area contributed by atoms with E-state index in [1.54, 1.807) is 0 Å². The van der Waals surface area contributed by atoms with E-state index >= 15 is 0 Å². The van der Waals surface area contributed by atoms with Crippen LogP contribution in [0.2, 0.25) is 0 Å². The number of hydrogen-bond donors (Lipinski definition) is 1. The van der Waals surface area contributed by atoms with E-state index < -0.39 is 0 Å². The van der Waals surface area contributed by atoms with Crippen LogP contribution in [0.4, 0.5) is 0 Å². The van der Waals surface area contributed by atoms with E-state index in [2.05, 4.69) is 38.2 Å². The second-order valence-corrected chi connectivity index (χ2v) is 3.92. The lowest BCUT2D eigenvalue weighted by Crippen LogP contribution is -2.07. The summed E-state index contributed by atoms with van der Waals surface area (Å²) in [5.41, 5.74) is 3.86. The van der Waals surface area contributed by atoms with Gasteiger partial charge in [0.15, 0.2) is 0 Å². The maximum absolute atomic E-state index is 5.68. The largest absolute Gasteiger partial charge is 0.493 e. The highest BCUT2D eigenvalue weighted by atomic mass is 16.5. The molecule has 0 heterocycles. The molecule has 0 aliphatic carbocycles. The number of rotatable bonds is 5. The van der Waals surface area contributed by atoms with Crippen LogP contribution < -0.4 is 10.1 Å². The van der Waals surface area contributed by atoms with Crippen LogP contribution in [-0.4, -0.2) is 13.7 Å². The van der Waals surface area contributed by atoms with Gasteiger partial charge in [-0.1, -0.05) is 13.0 Å². The molecule has 0 unspecified atom stereocenters. The highest BCUT2D eigenvalue weighted by molar-refractivity contribution is 5.41. The van der Waals surface area contributed by atoms with Gasteiger partial charge in [0.05, 0.1) is 6.61 Å². The maximum Gasteiger partial charge on any atom is 0.122 e. The molecule has 0 spiro atoms. The van der Waals surface area contributed by atoms with Crippen molar-refractivity contribution in [1.82, 2.24) is 5.32 Å². The first-order valence-corrected chi connectivity index (χ1v) is 5.56. The predicted molar refractivity (Wildman–Crippen MR) is 64.5 cm³/mol. The van der Waals surface area contributed by atoms with Crippen molar-refractivity contribution in [3.8, 4) is 5.75 Å². The van der Waals surface area contributed by atoms with Crippen LogP contribution in [0.5, 0.6) is 5.75 Å². The molecule has 2 heteroatoms. The van der Waals surface area contributed by atoms with E-state index in [4.69, 9.17) is 4.74 Å². The smallest absolute Gasteiger partial charge is 0.122 e. The maximum atomic E-state index is 5.68. The number of hydrogen-bond acceptors (Lipinski definition) is 2. The van der Waals surface area contributed by atoms with Crippen LogP contribution in [-0.2, 0) is 6.54 Å². The zero-order valence-electron chi connectivity index (χ0n) is 10.2. The zero-order valence-corrected chi connectivity index (χ0v) is 10.2. The van der Waals surface area contributed by atoms with E-state index in [-0.39, 0.29) is 0 Å². The Morgan fingerprint density at radius 3 is 2.53 bits per heavy atom. The van der Waals surface area contributed by atoms with Crippen molar-refractivity contribution in [2.75, 3.05) is 13.7 Å². The lowest BCUT2D eigenvalue weighted by atomic mass is 10.0. The Bertz CT molecular complexity index is 321. The second-order valence-electron chi connectivity index (χ2n) is 3.92. The molecule has 1 rings (SSSR count). The molecule has 1 aromatic rings. The minimum absolute atomic E-state index is 0.797. The van der Waals surface area contributed by atoms with Gasteiger partial charge in [-0.25, -0.2) is 0 Å². The molecule has 0 aromatic heterocycles. The number of aryl methyl sites for hydroxylation is 2. The standard InChI is InChI=1S/C13H21NO/c1-5-6-15-13-8-10(2)12(9-14-4)7-11(13)3/h7-8,14H,5-6,9H2,1-4H3. The highest BCUT2D eigenvalue weighted by Gasteiger charge is 2.04.